The van der Waals surface area contributed by atoms with Crippen LogP contribution in [0.5, 0.6) is 0 Å². The third kappa shape index (κ3) is 3.73. The number of halogens is 4. The molecule has 0 spiro atoms. The van der Waals surface area contributed by atoms with E-state index in [9.17, 15) is 18.0 Å². The van der Waals surface area contributed by atoms with Gasteiger partial charge in [-0.1, -0.05) is 34.1 Å². The Morgan fingerprint density at radius 1 is 1.35 bits per heavy atom. The summed E-state index contributed by atoms with van der Waals surface area (Å²) in [5.74, 6) is -0.262. The third-order valence-electron chi connectivity index (χ3n) is 2.27. The molecule has 94 valence electrons. The first-order valence-corrected chi connectivity index (χ1v) is 5.93. The Hall–Kier alpha value is -1.04. The molecule has 0 heterocycles. The lowest BCUT2D eigenvalue weighted by molar-refractivity contribution is -0.139. The van der Waals surface area contributed by atoms with Crippen molar-refractivity contribution < 1.29 is 18.0 Å². The van der Waals surface area contributed by atoms with Crippen LogP contribution in [0.2, 0.25) is 0 Å². The van der Waals surface area contributed by atoms with E-state index >= 15 is 0 Å². The van der Waals surface area contributed by atoms with Crippen molar-refractivity contribution in [3.8, 4) is 0 Å². The summed E-state index contributed by atoms with van der Waals surface area (Å²) in [6.45, 7) is -0.0554. The van der Waals surface area contributed by atoms with Crippen LogP contribution in [0.15, 0.2) is 24.3 Å². The van der Waals surface area contributed by atoms with Crippen LogP contribution < -0.4 is 0 Å². The molecule has 6 heteroatoms. The first kappa shape index (κ1) is 14.0. The largest absolute Gasteiger partial charge is 0.416 e. The number of carbonyl (C=O) groups is 1. The van der Waals surface area contributed by atoms with Crippen LogP contribution in [0.4, 0.5) is 13.2 Å². The second kappa shape index (κ2) is 5.53. The predicted molar refractivity (Wildman–Crippen MR) is 61.7 cm³/mol. The number of benzene rings is 1. The van der Waals surface area contributed by atoms with Gasteiger partial charge in [-0.25, -0.2) is 0 Å². The van der Waals surface area contributed by atoms with Gasteiger partial charge >= 0.3 is 6.18 Å². The lowest BCUT2D eigenvalue weighted by Crippen LogP contribution is -2.28. The van der Waals surface area contributed by atoms with E-state index in [4.69, 9.17) is 0 Å². The Morgan fingerprint density at radius 3 is 2.47 bits per heavy atom. The minimum atomic E-state index is -4.39. The van der Waals surface area contributed by atoms with E-state index in [0.29, 0.717) is 0 Å². The minimum absolute atomic E-state index is 0.0554. The molecule has 0 fully saturated rings. The van der Waals surface area contributed by atoms with Crippen LogP contribution >= 0.6 is 15.9 Å². The van der Waals surface area contributed by atoms with Gasteiger partial charge in [0.05, 0.1) is 10.9 Å². The zero-order valence-corrected chi connectivity index (χ0v) is 10.7. The van der Waals surface area contributed by atoms with Gasteiger partial charge in [0.15, 0.2) is 0 Å². The van der Waals surface area contributed by atoms with Crippen molar-refractivity contribution in [2.24, 2.45) is 0 Å². The van der Waals surface area contributed by atoms with E-state index in [1.165, 1.54) is 30.1 Å². The summed E-state index contributed by atoms with van der Waals surface area (Å²) in [5, 5.41) is 0.0949. The second-order valence-corrected chi connectivity index (χ2v) is 4.10. The molecular weight excluding hydrogens is 299 g/mol. The lowest BCUT2D eigenvalue weighted by Gasteiger charge is -2.19. The highest BCUT2D eigenvalue weighted by atomic mass is 79.9. The third-order valence-corrected chi connectivity index (χ3v) is 2.75. The Balaban J connectivity index is 2.95. The highest BCUT2D eigenvalue weighted by Gasteiger charge is 2.33. The fourth-order valence-electron chi connectivity index (χ4n) is 1.38. The Labute approximate surface area is 106 Å². The molecule has 0 atom stereocenters. The van der Waals surface area contributed by atoms with Crippen molar-refractivity contribution in [1.82, 2.24) is 4.90 Å². The summed E-state index contributed by atoms with van der Waals surface area (Å²) < 4.78 is 38.0. The summed E-state index contributed by atoms with van der Waals surface area (Å²) in [6.07, 6.45) is -4.39. The van der Waals surface area contributed by atoms with Crippen LogP contribution in [0.1, 0.15) is 11.1 Å². The number of rotatable bonds is 3. The van der Waals surface area contributed by atoms with Gasteiger partial charge in [-0.2, -0.15) is 13.2 Å². The van der Waals surface area contributed by atoms with Crippen molar-refractivity contribution in [3.63, 3.8) is 0 Å². The molecule has 0 saturated heterocycles. The van der Waals surface area contributed by atoms with Crippen LogP contribution in [-0.2, 0) is 17.5 Å². The van der Waals surface area contributed by atoms with E-state index < -0.39 is 11.7 Å². The molecule has 0 N–H and O–H groups in total. The molecule has 17 heavy (non-hydrogen) atoms. The molecule has 2 nitrogen and oxygen atoms in total. The van der Waals surface area contributed by atoms with Gasteiger partial charge in [0.2, 0.25) is 5.91 Å². The van der Waals surface area contributed by atoms with Gasteiger partial charge < -0.3 is 4.90 Å². The maximum absolute atomic E-state index is 12.7. The molecule has 0 aromatic heterocycles. The van der Waals surface area contributed by atoms with E-state index in [1.54, 1.807) is 0 Å². The highest BCUT2D eigenvalue weighted by molar-refractivity contribution is 9.09. The topological polar surface area (TPSA) is 20.3 Å². The number of hydrogen-bond acceptors (Lipinski definition) is 1. The standard InChI is InChI=1S/C11H11BrF3NO/c1-16(10(17)6-12)7-8-4-2-3-5-9(8)11(13,14)15/h2-5H,6-7H2,1H3. The molecule has 0 bridgehead atoms. The summed E-state index contributed by atoms with van der Waals surface area (Å²) >= 11 is 2.97. The number of amides is 1. The van der Waals surface area contributed by atoms with Gasteiger partial charge in [-0.15, -0.1) is 0 Å². The van der Waals surface area contributed by atoms with E-state index in [2.05, 4.69) is 15.9 Å². The average Bonchev–Trinajstić information content (AvgIpc) is 2.27. The summed E-state index contributed by atoms with van der Waals surface area (Å²) in [6, 6.07) is 5.25. The summed E-state index contributed by atoms with van der Waals surface area (Å²) in [5.41, 5.74) is -0.606. The molecule has 0 aliphatic rings. The van der Waals surface area contributed by atoms with Crippen molar-refractivity contribution in [2.45, 2.75) is 12.7 Å². The maximum atomic E-state index is 12.7. The summed E-state index contributed by atoms with van der Waals surface area (Å²) in [4.78, 5) is 12.5. The monoisotopic (exact) mass is 309 g/mol. The fourth-order valence-corrected chi connectivity index (χ4v) is 1.81. The minimum Gasteiger partial charge on any atom is -0.341 e. The number of carbonyl (C=O) groups excluding carboxylic acids is 1. The zero-order valence-electron chi connectivity index (χ0n) is 9.09. The zero-order chi connectivity index (χ0) is 13.1. The van der Waals surface area contributed by atoms with Crippen LogP contribution in [0.25, 0.3) is 0 Å². The van der Waals surface area contributed by atoms with E-state index in [-0.39, 0.29) is 23.3 Å². The van der Waals surface area contributed by atoms with Crippen molar-refractivity contribution in [3.05, 3.63) is 35.4 Å². The first-order chi connectivity index (χ1) is 7.86. The molecule has 1 rings (SSSR count). The molecule has 0 unspecified atom stereocenters. The van der Waals surface area contributed by atoms with Gasteiger partial charge in [0.1, 0.15) is 0 Å². The quantitative estimate of drug-likeness (QED) is 0.786. The van der Waals surface area contributed by atoms with Gasteiger partial charge in [-0.3, -0.25) is 4.79 Å². The first-order valence-electron chi connectivity index (χ1n) is 4.81. The molecular formula is C11H11BrF3NO. The highest BCUT2D eigenvalue weighted by Crippen LogP contribution is 2.32. The summed E-state index contributed by atoms with van der Waals surface area (Å²) in [7, 11) is 1.47. The van der Waals surface area contributed by atoms with Crippen molar-refractivity contribution in [1.29, 1.82) is 0 Å². The predicted octanol–water partition coefficient (Wildman–Crippen LogP) is 3.06. The molecule has 1 aromatic rings. The Kier molecular flexibility index (Phi) is 4.56. The Bertz CT molecular complexity index is 406. The number of nitrogens with zero attached hydrogens (tertiary/aromatic N) is 1. The lowest BCUT2D eigenvalue weighted by atomic mass is 10.1. The van der Waals surface area contributed by atoms with Gasteiger partial charge in [0, 0.05) is 13.6 Å². The average molecular weight is 310 g/mol. The fraction of sp³-hybridized carbons (Fsp3) is 0.364. The van der Waals surface area contributed by atoms with E-state index in [1.807, 2.05) is 0 Å². The van der Waals surface area contributed by atoms with Gasteiger partial charge in [0.25, 0.3) is 0 Å². The molecule has 0 radical (unpaired) electrons. The smallest absolute Gasteiger partial charge is 0.341 e. The van der Waals surface area contributed by atoms with Crippen LogP contribution in [0, 0.1) is 0 Å². The van der Waals surface area contributed by atoms with Gasteiger partial charge in [-0.05, 0) is 11.6 Å². The van der Waals surface area contributed by atoms with E-state index in [0.717, 1.165) is 6.07 Å². The molecule has 0 aliphatic carbocycles. The molecule has 0 saturated carbocycles. The number of alkyl halides is 4. The molecule has 0 aliphatic heterocycles. The molecule has 1 amide bonds. The Morgan fingerprint density at radius 2 is 1.94 bits per heavy atom. The molecule has 1 aromatic carbocycles. The maximum Gasteiger partial charge on any atom is 0.416 e. The normalized spacial score (nSPS) is 11.4. The van der Waals surface area contributed by atoms with Crippen LogP contribution in [0.3, 0.4) is 0 Å². The number of hydrogen-bond donors (Lipinski definition) is 0. The SMILES string of the molecule is CN(Cc1ccccc1C(F)(F)F)C(=O)CBr. The van der Waals surface area contributed by atoms with Crippen molar-refractivity contribution >= 4 is 21.8 Å². The van der Waals surface area contributed by atoms with Crippen molar-refractivity contribution in [2.75, 3.05) is 12.4 Å². The second-order valence-electron chi connectivity index (χ2n) is 3.54. The van der Waals surface area contributed by atoms with Crippen LogP contribution in [-0.4, -0.2) is 23.2 Å².